The fourth-order valence-corrected chi connectivity index (χ4v) is 4.75. The number of nitrogens with zero attached hydrogens (tertiary/aromatic N) is 1. The van der Waals surface area contributed by atoms with Gasteiger partial charge in [-0.25, -0.2) is 0 Å². The molecule has 5 rings (SSSR count). The number of hydrogen-bond donors (Lipinski definition) is 1. The third kappa shape index (κ3) is 3.02. The normalized spacial score (nSPS) is 18.2. The molecule has 3 nitrogen and oxygen atoms in total. The Bertz CT molecular complexity index is 1000. The number of aromatic nitrogens is 1. The van der Waals surface area contributed by atoms with Crippen LogP contribution in [-0.2, 0) is 16.7 Å². The molecule has 1 heterocycles. The van der Waals surface area contributed by atoms with Gasteiger partial charge in [-0.15, -0.1) is 0 Å². The molecule has 0 spiro atoms. The molecular weight excluding hydrogens is 356 g/mol. The van der Waals surface area contributed by atoms with E-state index in [1.165, 1.54) is 41.5 Å². The quantitative estimate of drug-likeness (QED) is 0.445. The Labute approximate surface area is 172 Å². The van der Waals surface area contributed by atoms with Crippen LogP contribution in [0.5, 0.6) is 0 Å². The van der Waals surface area contributed by atoms with Crippen LogP contribution in [0.15, 0.2) is 78.1 Å². The molecule has 0 amide bonds. The molecule has 3 aromatic rings. The molecule has 0 saturated heterocycles. The first-order valence-corrected chi connectivity index (χ1v) is 10.4. The summed E-state index contributed by atoms with van der Waals surface area (Å²) in [5.74, 6) is 0.501. The molecule has 0 unspecified atom stereocenters. The molecule has 2 aromatic carbocycles. The number of H-pyrrole nitrogens is 1. The van der Waals surface area contributed by atoms with E-state index in [2.05, 4.69) is 89.2 Å². The number of allylic oxidation sites excluding steroid dienone is 1. The van der Waals surface area contributed by atoms with E-state index < -0.39 is 0 Å². The second-order valence-corrected chi connectivity index (χ2v) is 8.10. The zero-order valence-corrected chi connectivity index (χ0v) is 16.8. The standard InChI is InChI=1S/C26H26N2O/c1-29-28-24(19-9-8-10-19)25-23-15-16-26(17-20(23)18-27-25,21-11-4-2-5-12-21)22-13-6-3-7-14-22/h2-7,11-16,18-19,27H,8-10,17H2,1H3/b28-24+. The van der Waals surface area contributed by atoms with Crippen molar-refractivity contribution in [3.05, 3.63) is 101 Å². The van der Waals surface area contributed by atoms with Crippen molar-refractivity contribution in [2.24, 2.45) is 11.1 Å². The SMILES string of the molecule is CO/N=C(/c1[nH]cc2c1C=CC(c1ccccc1)(c1ccccc1)C2)C1CCC1. The van der Waals surface area contributed by atoms with Gasteiger partial charge in [-0.2, -0.15) is 0 Å². The number of benzene rings is 2. The van der Waals surface area contributed by atoms with Gasteiger partial charge >= 0.3 is 0 Å². The number of fused-ring (bicyclic) bond motifs is 1. The highest BCUT2D eigenvalue weighted by molar-refractivity contribution is 6.04. The largest absolute Gasteiger partial charge is 0.399 e. The number of nitrogens with one attached hydrogen (secondary N) is 1. The van der Waals surface area contributed by atoms with Crippen molar-refractivity contribution in [2.45, 2.75) is 31.1 Å². The van der Waals surface area contributed by atoms with Gasteiger partial charge in [0.15, 0.2) is 0 Å². The minimum atomic E-state index is -0.163. The Balaban J connectivity index is 1.60. The highest BCUT2D eigenvalue weighted by atomic mass is 16.6. The van der Waals surface area contributed by atoms with Crippen molar-refractivity contribution < 1.29 is 4.84 Å². The lowest BCUT2D eigenvalue weighted by molar-refractivity contribution is 0.208. The Hall–Kier alpha value is -3.07. The van der Waals surface area contributed by atoms with Crippen LogP contribution in [0, 0.1) is 5.92 Å². The molecular formula is C26H26N2O. The molecule has 0 aliphatic heterocycles. The average molecular weight is 383 g/mol. The third-order valence-corrected chi connectivity index (χ3v) is 6.53. The molecule has 29 heavy (non-hydrogen) atoms. The van der Waals surface area contributed by atoms with Crippen molar-refractivity contribution in [1.29, 1.82) is 0 Å². The molecule has 3 heteroatoms. The topological polar surface area (TPSA) is 37.4 Å². The van der Waals surface area contributed by atoms with E-state index in [4.69, 9.17) is 4.84 Å². The molecule has 0 atom stereocenters. The molecule has 1 N–H and O–H groups in total. The van der Waals surface area contributed by atoms with E-state index in [1.807, 2.05) is 0 Å². The summed E-state index contributed by atoms with van der Waals surface area (Å²) in [6, 6.07) is 21.6. The summed E-state index contributed by atoms with van der Waals surface area (Å²) in [5.41, 5.74) is 7.26. The van der Waals surface area contributed by atoms with Crippen LogP contribution in [0.4, 0.5) is 0 Å². The summed E-state index contributed by atoms with van der Waals surface area (Å²) in [4.78, 5) is 8.73. The molecule has 1 fully saturated rings. The molecule has 1 aromatic heterocycles. The fourth-order valence-electron chi connectivity index (χ4n) is 4.75. The maximum Gasteiger partial charge on any atom is 0.107 e. The van der Waals surface area contributed by atoms with Gasteiger partial charge in [0.05, 0.1) is 5.69 Å². The summed E-state index contributed by atoms with van der Waals surface area (Å²) in [7, 11) is 1.64. The number of oxime groups is 1. The first kappa shape index (κ1) is 18.0. The Morgan fingerprint density at radius 2 is 1.66 bits per heavy atom. The lowest BCUT2D eigenvalue weighted by atomic mass is 9.67. The minimum absolute atomic E-state index is 0.163. The van der Waals surface area contributed by atoms with Crippen molar-refractivity contribution in [2.75, 3.05) is 7.11 Å². The van der Waals surface area contributed by atoms with E-state index in [9.17, 15) is 0 Å². The lowest BCUT2D eigenvalue weighted by Crippen LogP contribution is -2.30. The predicted molar refractivity (Wildman–Crippen MR) is 118 cm³/mol. The summed E-state index contributed by atoms with van der Waals surface area (Å²) in [6.07, 6.45) is 11.4. The summed E-state index contributed by atoms with van der Waals surface area (Å²) in [5, 5.41) is 4.40. The van der Waals surface area contributed by atoms with Gasteiger partial charge in [0.1, 0.15) is 12.8 Å². The maximum absolute atomic E-state index is 5.20. The Morgan fingerprint density at radius 3 is 2.21 bits per heavy atom. The fraction of sp³-hybridized carbons (Fsp3) is 0.269. The van der Waals surface area contributed by atoms with Crippen LogP contribution >= 0.6 is 0 Å². The van der Waals surface area contributed by atoms with Gasteiger partial charge in [-0.05, 0) is 36.0 Å². The lowest BCUT2D eigenvalue weighted by Gasteiger charge is -2.35. The highest BCUT2D eigenvalue weighted by Gasteiger charge is 2.37. The van der Waals surface area contributed by atoms with Crippen LogP contribution in [0.3, 0.4) is 0 Å². The van der Waals surface area contributed by atoms with E-state index in [0.29, 0.717) is 5.92 Å². The van der Waals surface area contributed by atoms with Crippen LogP contribution < -0.4 is 0 Å². The summed E-state index contributed by atoms with van der Waals surface area (Å²) >= 11 is 0. The van der Waals surface area contributed by atoms with E-state index >= 15 is 0 Å². The van der Waals surface area contributed by atoms with E-state index in [1.54, 1.807) is 7.11 Å². The molecule has 0 bridgehead atoms. The Morgan fingerprint density at radius 1 is 1.00 bits per heavy atom. The van der Waals surface area contributed by atoms with Crippen molar-refractivity contribution in [3.63, 3.8) is 0 Å². The highest BCUT2D eigenvalue weighted by Crippen LogP contribution is 2.43. The Kier molecular flexibility index (Phi) is 4.59. The molecule has 2 aliphatic rings. The van der Waals surface area contributed by atoms with Gasteiger partial charge in [-0.1, -0.05) is 84.4 Å². The van der Waals surface area contributed by atoms with E-state index in [0.717, 1.165) is 17.8 Å². The molecule has 2 aliphatic carbocycles. The first-order valence-electron chi connectivity index (χ1n) is 10.4. The van der Waals surface area contributed by atoms with Crippen LogP contribution in [0.2, 0.25) is 0 Å². The molecule has 1 saturated carbocycles. The summed E-state index contributed by atoms with van der Waals surface area (Å²) in [6.45, 7) is 0. The molecule has 146 valence electrons. The van der Waals surface area contributed by atoms with Crippen LogP contribution in [0.1, 0.15) is 47.2 Å². The van der Waals surface area contributed by atoms with Crippen LogP contribution in [-0.4, -0.2) is 17.8 Å². The average Bonchev–Trinajstić information content (AvgIpc) is 3.16. The number of hydrogen-bond acceptors (Lipinski definition) is 2. The zero-order valence-electron chi connectivity index (χ0n) is 16.8. The van der Waals surface area contributed by atoms with Gasteiger partial charge in [-0.3, -0.25) is 0 Å². The van der Waals surface area contributed by atoms with E-state index in [-0.39, 0.29) is 5.41 Å². The maximum atomic E-state index is 5.20. The van der Waals surface area contributed by atoms with Gasteiger partial charge < -0.3 is 9.82 Å². The second-order valence-electron chi connectivity index (χ2n) is 8.10. The smallest absolute Gasteiger partial charge is 0.107 e. The number of rotatable bonds is 5. The monoisotopic (exact) mass is 382 g/mol. The predicted octanol–water partition coefficient (Wildman–Crippen LogP) is 5.72. The van der Waals surface area contributed by atoms with Crippen LogP contribution in [0.25, 0.3) is 6.08 Å². The second kappa shape index (κ2) is 7.40. The van der Waals surface area contributed by atoms with Gasteiger partial charge in [0, 0.05) is 23.1 Å². The third-order valence-electron chi connectivity index (χ3n) is 6.53. The zero-order chi connectivity index (χ0) is 19.7. The molecule has 0 radical (unpaired) electrons. The van der Waals surface area contributed by atoms with Crippen molar-refractivity contribution in [1.82, 2.24) is 4.98 Å². The minimum Gasteiger partial charge on any atom is -0.399 e. The van der Waals surface area contributed by atoms with Crippen molar-refractivity contribution in [3.8, 4) is 0 Å². The number of aromatic amines is 1. The first-order chi connectivity index (χ1) is 14.3. The summed E-state index contributed by atoms with van der Waals surface area (Å²) < 4.78 is 0. The van der Waals surface area contributed by atoms with Gasteiger partial charge in [0.2, 0.25) is 0 Å². The van der Waals surface area contributed by atoms with Crippen molar-refractivity contribution >= 4 is 11.8 Å². The van der Waals surface area contributed by atoms with Gasteiger partial charge in [0.25, 0.3) is 0 Å².